The molecule has 3 aromatic heterocycles. The first-order valence-electron chi connectivity index (χ1n) is 44.5. The maximum atomic E-state index is 14.4. The molecule has 33 heteroatoms. The molecule has 129 heavy (non-hydrogen) atoms. The van der Waals surface area contributed by atoms with Crippen LogP contribution in [0.4, 0.5) is 52.1 Å². The molecule has 6 saturated heterocycles. The number of hydrogen-bond donors (Lipinski definition) is 0. The maximum Gasteiger partial charge on any atom is 0.421 e. The molecule has 0 radical (unpaired) electrons. The highest BCUT2D eigenvalue weighted by Gasteiger charge is 2.43. The van der Waals surface area contributed by atoms with Crippen LogP contribution in [0.1, 0.15) is 71.4 Å². The van der Waals surface area contributed by atoms with E-state index < -0.39 is 17.6 Å². The van der Waals surface area contributed by atoms with Crippen LogP contribution in [-0.2, 0) is 68.9 Å². The Morgan fingerprint density at radius 1 is 0.465 bits per heavy atom. The van der Waals surface area contributed by atoms with Crippen molar-refractivity contribution in [1.82, 2.24) is 59.3 Å². The number of carbonyl (C=O) groups is 3. The molecule has 5 aromatic carbocycles. The number of piperazine rings is 3. The van der Waals surface area contributed by atoms with E-state index in [1.54, 1.807) is 28.9 Å². The van der Waals surface area contributed by atoms with Crippen molar-refractivity contribution in [1.29, 1.82) is 0 Å². The van der Waals surface area contributed by atoms with Crippen molar-refractivity contribution in [2.75, 3.05) is 208 Å². The van der Waals surface area contributed by atoms with E-state index in [1.807, 2.05) is 11.9 Å². The summed E-state index contributed by atoms with van der Waals surface area (Å²) < 4.78 is 85.6. The lowest BCUT2D eigenvalue weighted by Gasteiger charge is -2.41. The summed E-state index contributed by atoms with van der Waals surface area (Å²) in [5, 5.41) is 4.88. The zero-order valence-corrected chi connectivity index (χ0v) is 73.9. The van der Waals surface area contributed by atoms with Crippen LogP contribution in [0, 0.1) is 25.5 Å². The van der Waals surface area contributed by atoms with Gasteiger partial charge in [0.15, 0.2) is 0 Å². The van der Waals surface area contributed by atoms with Crippen LogP contribution in [0.15, 0.2) is 141 Å². The molecule has 3 amide bonds. The minimum Gasteiger partial charge on any atom is -0.462 e. The zero-order valence-electron chi connectivity index (χ0n) is 73.9. The number of ether oxygens (including phenoxy) is 5. The van der Waals surface area contributed by atoms with Gasteiger partial charge in [-0.25, -0.2) is 24.1 Å². The predicted molar refractivity (Wildman–Crippen MR) is 488 cm³/mol. The van der Waals surface area contributed by atoms with E-state index in [0.29, 0.717) is 134 Å². The summed E-state index contributed by atoms with van der Waals surface area (Å²) in [4.78, 5) is 103. The van der Waals surface area contributed by atoms with Crippen LogP contribution < -0.4 is 43.6 Å². The van der Waals surface area contributed by atoms with Gasteiger partial charge in [-0.3, -0.25) is 24.2 Å². The molecule has 8 aromatic rings. The predicted octanol–water partition coefficient (Wildman–Crippen LogP) is 11.0. The smallest absolute Gasteiger partial charge is 0.421 e. The number of carbonyl (C=O) groups excluding carboxylic acids is 3. The van der Waals surface area contributed by atoms with Crippen LogP contribution in [0.25, 0.3) is 36.1 Å². The Kier molecular flexibility index (Phi) is 29.7. The Balaban J connectivity index is 0.000000149. The lowest BCUT2D eigenvalue weighted by molar-refractivity contribution is -0.139. The van der Waals surface area contributed by atoms with Crippen LogP contribution in [0.3, 0.4) is 0 Å². The van der Waals surface area contributed by atoms with Crippen molar-refractivity contribution >= 4 is 73.8 Å². The first-order chi connectivity index (χ1) is 62.7. The van der Waals surface area contributed by atoms with E-state index in [1.165, 1.54) is 68.2 Å². The van der Waals surface area contributed by atoms with Gasteiger partial charge in [0.2, 0.25) is 37.4 Å². The van der Waals surface area contributed by atoms with E-state index in [2.05, 4.69) is 166 Å². The molecule has 0 bridgehead atoms. The summed E-state index contributed by atoms with van der Waals surface area (Å²) in [5.74, 6) is 0.472. The zero-order chi connectivity index (χ0) is 90.4. The number of benzene rings is 5. The summed E-state index contributed by atoms with van der Waals surface area (Å²) in [5.41, 5.74) is 6.30. The Morgan fingerprint density at radius 3 is 1.28 bits per heavy atom. The number of hydrogen-bond acceptors (Lipinski definition) is 23. The quantitative estimate of drug-likeness (QED) is 0.0294. The van der Waals surface area contributed by atoms with E-state index in [4.69, 9.17) is 68.3 Å². The molecule has 29 nitrogen and oxygen atoms in total. The molecule has 7 atom stereocenters. The number of likely N-dealkylation sites (N-methyl/N-ethyl adjacent to an activating group) is 2. The lowest BCUT2D eigenvalue weighted by Crippen LogP contribution is -2.56. The van der Waals surface area contributed by atoms with Crippen molar-refractivity contribution < 1.29 is 55.6 Å². The Morgan fingerprint density at radius 2 is 0.868 bits per heavy atom. The van der Waals surface area contributed by atoms with Gasteiger partial charge in [-0.1, -0.05) is 98.6 Å². The van der Waals surface area contributed by atoms with Gasteiger partial charge >= 0.3 is 24.2 Å². The Bertz CT molecular complexity index is 5510. The summed E-state index contributed by atoms with van der Waals surface area (Å²) in [6.07, 6.45) is 6.30. The van der Waals surface area contributed by atoms with Crippen molar-refractivity contribution in [2.24, 2.45) is 0 Å². The third-order valence-electron chi connectivity index (χ3n) is 26.5. The topological polar surface area (TPSA) is 227 Å². The van der Waals surface area contributed by atoms with Gasteiger partial charge in [-0.2, -0.15) is 43.1 Å². The molecule has 678 valence electrons. The molecular weight excluding hydrogens is 1650 g/mol. The van der Waals surface area contributed by atoms with Crippen LogP contribution in [0.2, 0.25) is 0 Å². The number of methoxy groups -OCH3 is 2. The summed E-state index contributed by atoms with van der Waals surface area (Å²) in [6, 6.07) is 34.0. The third kappa shape index (κ3) is 20.9. The van der Waals surface area contributed by atoms with Gasteiger partial charge in [0, 0.05) is 163 Å². The summed E-state index contributed by atoms with van der Waals surface area (Å²) >= 11 is 0. The minimum atomic E-state index is -4.86. The van der Waals surface area contributed by atoms with E-state index in [9.17, 15) is 31.9 Å². The standard InChI is InChI=1S/C34H41N7O3.C33H39N7O3.C29H33F4N7O2/c1-4-32(42)41-18-17-40(22-27(41)21-35-2)33-29-14-16-39(31-13-7-10-25-9-5-6-12-28(25)31)23-30(29)36-34(37-33)44-24-26-11-8-15-38(26)19-20-43-3;1-5-31(41)40-16-15-39(19-25(40)18-34-2)32-28-13-14-38(30-12-8-10-23-9-6-7-11-27(23)30)21-29(28)35-33(36-32)43-22-24-17-26(42-4)20-37(24)3;1-4-25(41)40-14-13-39(16-20(40)15-34-2)27-21-10-12-38(24-9-5-8-22(30)26(24)29(31,32)33)17-23(21)35-28(36-27)42-18-19-7-6-11-37(19)3/h4-7,9-10,12-13,26-27H,1,8,11,14-24H2,3H3;5-12,24-26H,1,13-22H2,3-4H3;4-5,8-9,19-20H,1,6-7,10-18H2,3H3/t26-,27?;24-,25?,26+;19-,20+/m001/s1. The van der Waals surface area contributed by atoms with Gasteiger partial charge in [0.25, 0.3) is 0 Å². The molecule has 9 aliphatic heterocycles. The van der Waals surface area contributed by atoms with Gasteiger partial charge in [0.05, 0.1) is 55.1 Å². The van der Waals surface area contributed by atoms with Crippen molar-refractivity contribution in [2.45, 2.75) is 120 Å². The van der Waals surface area contributed by atoms with Crippen LogP contribution >= 0.6 is 0 Å². The average Bonchev–Trinajstić information content (AvgIpc) is 1.29. The molecule has 0 saturated carbocycles. The number of fused-ring (bicyclic) bond motifs is 5. The molecular formula is C96H113F4N21O8. The maximum absolute atomic E-state index is 14.4. The molecule has 12 heterocycles. The van der Waals surface area contributed by atoms with E-state index in [0.717, 1.165) is 130 Å². The summed E-state index contributed by atoms with van der Waals surface area (Å²) in [7, 11) is 7.61. The fraction of sp³-hybridized carbons (Fsp3) is 0.479. The second kappa shape index (κ2) is 41.8. The highest BCUT2D eigenvalue weighted by Crippen LogP contribution is 2.43. The largest absolute Gasteiger partial charge is 0.462 e. The lowest BCUT2D eigenvalue weighted by atomic mass is 10.0. The second-order valence-corrected chi connectivity index (χ2v) is 34.2. The average molecular weight is 1770 g/mol. The second-order valence-electron chi connectivity index (χ2n) is 34.2. The number of likely N-dealkylation sites (tertiary alicyclic amines) is 3. The fourth-order valence-electron chi connectivity index (χ4n) is 19.6. The Labute approximate surface area is 751 Å². The van der Waals surface area contributed by atoms with Crippen molar-refractivity contribution in [3.8, 4) is 18.0 Å². The first-order valence-corrected chi connectivity index (χ1v) is 44.5. The molecule has 0 spiro atoms. The van der Waals surface area contributed by atoms with E-state index in [-0.39, 0.29) is 98.5 Å². The minimum absolute atomic E-state index is 0.0114. The fourth-order valence-corrected chi connectivity index (χ4v) is 19.6. The molecule has 17 rings (SSSR count). The van der Waals surface area contributed by atoms with Gasteiger partial charge in [0.1, 0.15) is 66.8 Å². The number of alkyl halides is 3. The monoisotopic (exact) mass is 1760 g/mol. The SMILES string of the molecule is [C-]#[N+]CC1CN(c2nc(OC[C@@H]3CCCN3CCOC)nc3c2CCN(c2cccc4ccccc24)C3)CCN1C(=O)C=C.[C-]#[N+]CC1CN(c2nc(OC[C@@H]3C[C@@H](OC)CN3C)nc3c2CCN(c2cccc4ccccc24)C3)CCN1C(=O)C=C.[C-]#[N+]C[C@H]1CN(c2nc(OC[C@H]3CCCN3C)nc3c2CCN(c2cccc(F)c2C(F)(F)F)C3)CCN1C(=O)C=C. The number of rotatable bonds is 25. The third-order valence-corrected chi connectivity index (χ3v) is 26.5. The van der Waals surface area contributed by atoms with Gasteiger partial charge < -0.3 is 87.2 Å². The highest BCUT2D eigenvalue weighted by atomic mass is 19.4. The number of anilines is 6. The number of nitrogens with zero attached hydrogens (tertiary/aromatic N) is 21. The highest BCUT2D eigenvalue weighted by molar-refractivity contribution is 5.96. The number of halogens is 4. The molecule has 0 N–H and O–H groups in total. The van der Waals surface area contributed by atoms with Crippen molar-refractivity contribution in [3.05, 3.63) is 220 Å². The van der Waals surface area contributed by atoms with Crippen LogP contribution in [0.5, 0.6) is 18.0 Å². The van der Waals surface area contributed by atoms with Gasteiger partial charge in [-0.05, 0) is 132 Å². The molecule has 2 unspecified atom stereocenters. The van der Waals surface area contributed by atoms with Gasteiger partial charge in [-0.15, -0.1) is 0 Å². The first kappa shape index (κ1) is 91.4. The summed E-state index contributed by atoms with van der Waals surface area (Å²) in [6.45, 7) is 47.4. The Hall–Kier alpha value is -12.3. The van der Waals surface area contributed by atoms with Crippen LogP contribution in [-0.4, -0.2) is 298 Å². The van der Waals surface area contributed by atoms with Crippen molar-refractivity contribution in [3.63, 3.8) is 0 Å². The molecule has 6 fully saturated rings. The molecule has 9 aliphatic rings. The number of aromatic nitrogens is 6. The van der Waals surface area contributed by atoms with E-state index >= 15 is 0 Å². The molecule has 0 aliphatic carbocycles. The number of amides is 3. The normalized spacial score (nSPS) is 21.3.